The van der Waals surface area contributed by atoms with Crippen molar-refractivity contribution in [3.05, 3.63) is 34.9 Å². The number of aryl methyl sites for hydroxylation is 1. The van der Waals surface area contributed by atoms with Crippen LogP contribution in [-0.4, -0.2) is 36.5 Å². The Bertz CT molecular complexity index is 625. The molecule has 2 aromatic rings. The Kier molecular flexibility index (Phi) is 5.09. The van der Waals surface area contributed by atoms with Gasteiger partial charge in [0, 0.05) is 25.9 Å². The van der Waals surface area contributed by atoms with E-state index in [1.54, 1.807) is 36.2 Å². The number of hydrogen-bond donors (Lipinski definition) is 1. The fourth-order valence-corrected chi connectivity index (χ4v) is 1.92. The molecule has 0 atom stereocenters. The molecule has 6 nitrogen and oxygen atoms in total. The van der Waals surface area contributed by atoms with Crippen LogP contribution in [0.3, 0.4) is 0 Å². The standard InChI is InChI=1S/C14H19N3O3/c1-19-7-8-20-6-2-5-17-10-16-13-4-3-11(15)9-12(13)14(17)18/h3-4,9-10H,2,5-8,15H2,1H3. The van der Waals surface area contributed by atoms with Gasteiger partial charge in [-0.15, -0.1) is 0 Å². The van der Waals surface area contributed by atoms with Crippen LogP contribution in [0.4, 0.5) is 5.69 Å². The minimum absolute atomic E-state index is 0.0702. The first-order valence-electron chi connectivity index (χ1n) is 6.53. The molecule has 0 saturated carbocycles. The zero-order valence-electron chi connectivity index (χ0n) is 11.5. The number of aromatic nitrogens is 2. The summed E-state index contributed by atoms with van der Waals surface area (Å²) in [7, 11) is 1.63. The predicted molar refractivity (Wildman–Crippen MR) is 77.7 cm³/mol. The molecule has 1 heterocycles. The molecule has 0 bridgehead atoms. The summed E-state index contributed by atoms with van der Waals surface area (Å²) in [6.07, 6.45) is 2.31. The van der Waals surface area contributed by atoms with E-state index in [-0.39, 0.29) is 5.56 Å². The van der Waals surface area contributed by atoms with Gasteiger partial charge in [-0.05, 0) is 24.6 Å². The second kappa shape index (κ2) is 7.02. The Labute approximate surface area is 117 Å². The van der Waals surface area contributed by atoms with Crippen molar-refractivity contribution in [2.24, 2.45) is 0 Å². The molecule has 2 N–H and O–H groups in total. The monoisotopic (exact) mass is 277 g/mol. The van der Waals surface area contributed by atoms with Crippen molar-refractivity contribution in [1.82, 2.24) is 9.55 Å². The molecule has 0 radical (unpaired) electrons. The second-order valence-corrected chi connectivity index (χ2v) is 4.48. The van der Waals surface area contributed by atoms with Gasteiger partial charge in [-0.3, -0.25) is 9.36 Å². The lowest BCUT2D eigenvalue weighted by molar-refractivity contribution is 0.0679. The quantitative estimate of drug-likeness (QED) is 0.604. The number of fused-ring (bicyclic) bond motifs is 1. The highest BCUT2D eigenvalue weighted by molar-refractivity contribution is 5.80. The molecule has 0 unspecified atom stereocenters. The number of nitrogens with two attached hydrogens (primary N) is 1. The maximum Gasteiger partial charge on any atom is 0.261 e. The number of nitrogen functional groups attached to an aromatic ring is 1. The number of benzene rings is 1. The fourth-order valence-electron chi connectivity index (χ4n) is 1.92. The molecule has 0 aliphatic rings. The molecule has 6 heteroatoms. The maximum absolute atomic E-state index is 12.3. The van der Waals surface area contributed by atoms with Gasteiger partial charge in [0.1, 0.15) is 0 Å². The zero-order valence-corrected chi connectivity index (χ0v) is 11.5. The number of rotatable bonds is 7. The summed E-state index contributed by atoms with van der Waals surface area (Å²) in [6, 6.07) is 5.16. The normalized spacial score (nSPS) is 11.1. The predicted octanol–water partition coefficient (Wildman–Crippen LogP) is 1.03. The van der Waals surface area contributed by atoms with Gasteiger partial charge in [-0.25, -0.2) is 4.98 Å². The van der Waals surface area contributed by atoms with Gasteiger partial charge in [0.05, 0.1) is 30.4 Å². The average Bonchev–Trinajstić information content (AvgIpc) is 2.45. The molecule has 1 aromatic carbocycles. The van der Waals surface area contributed by atoms with E-state index in [4.69, 9.17) is 15.2 Å². The number of hydrogen-bond acceptors (Lipinski definition) is 5. The number of ether oxygens (including phenoxy) is 2. The Morgan fingerprint density at radius 2 is 2.15 bits per heavy atom. The van der Waals surface area contributed by atoms with Crippen LogP contribution in [0.2, 0.25) is 0 Å². The van der Waals surface area contributed by atoms with E-state index in [9.17, 15) is 4.79 Å². The number of anilines is 1. The minimum atomic E-state index is -0.0702. The van der Waals surface area contributed by atoms with Gasteiger partial charge in [0.25, 0.3) is 5.56 Å². The topological polar surface area (TPSA) is 79.4 Å². The molecule has 0 amide bonds. The Morgan fingerprint density at radius 3 is 2.95 bits per heavy atom. The Morgan fingerprint density at radius 1 is 1.30 bits per heavy atom. The summed E-state index contributed by atoms with van der Waals surface area (Å²) < 4.78 is 11.8. The van der Waals surface area contributed by atoms with Crippen LogP contribution in [-0.2, 0) is 16.0 Å². The number of nitrogens with zero attached hydrogens (tertiary/aromatic N) is 2. The van der Waals surface area contributed by atoms with E-state index in [1.807, 2.05) is 0 Å². The summed E-state index contributed by atoms with van der Waals surface area (Å²) in [5.74, 6) is 0. The third-order valence-electron chi connectivity index (χ3n) is 2.97. The van der Waals surface area contributed by atoms with Gasteiger partial charge in [0.15, 0.2) is 0 Å². The molecule has 108 valence electrons. The molecule has 0 aliphatic heterocycles. The van der Waals surface area contributed by atoms with Crippen molar-refractivity contribution >= 4 is 16.6 Å². The van der Waals surface area contributed by atoms with Crippen molar-refractivity contribution < 1.29 is 9.47 Å². The van der Waals surface area contributed by atoms with E-state index in [0.717, 1.165) is 6.42 Å². The molecule has 1 aromatic heterocycles. The van der Waals surface area contributed by atoms with Crippen molar-refractivity contribution in [3.8, 4) is 0 Å². The second-order valence-electron chi connectivity index (χ2n) is 4.48. The molecule has 2 rings (SSSR count). The van der Waals surface area contributed by atoms with Crippen LogP contribution >= 0.6 is 0 Å². The molecule has 0 fully saturated rings. The number of methoxy groups -OCH3 is 1. The van der Waals surface area contributed by atoms with Gasteiger partial charge in [-0.2, -0.15) is 0 Å². The van der Waals surface area contributed by atoms with Crippen LogP contribution in [0.1, 0.15) is 6.42 Å². The van der Waals surface area contributed by atoms with Crippen molar-refractivity contribution in [1.29, 1.82) is 0 Å². The lowest BCUT2D eigenvalue weighted by Gasteiger charge is -2.07. The first-order valence-corrected chi connectivity index (χ1v) is 6.53. The van der Waals surface area contributed by atoms with Crippen molar-refractivity contribution in [3.63, 3.8) is 0 Å². The summed E-state index contributed by atoms with van der Waals surface area (Å²) in [5.41, 5.74) is 6.86. The Balaban J connectivity index is 2.00. The van der Waals surface area contributed by atoms with Crippen LogP contribution in [0.25, 0.3) is 10.9 Å². The van der Waals surface area contributed by atoms with E-state index in [2.05, 4.69) is 4.98 Å². The van der Waals surface area contributed by atoms with Gasteiger partial charge in [0.2, 0.25) is 0 Å². The van der Waals surface area contributed by atoms with Crippen LogP contribution in [0.15, 0.2) is 29.3 Å². The van der Waals surface area contributed by atoms with Crippen LogP contribution < -0.4 is 11.3 Å². The smallest absolute Gasteiger partial charge is 0.261 e. The first-order chi connectivity index (χ1) is 9.72. The van der Waals surface area contributed by atoms with Crippen LogP contribution in [0.5, 0.6) is 0 Å². The van der Waals surface area contributed by atoms with Crippen LogP contribution in [0, 0.1) is 0 Å². The summed E-state index contributed by atoms with van der Waals surface area (Å²) in [4.78, 5) is 16.5. The van der Waals surface area contributed by atoms with E-state index in [1.165, 1.54) is 0 Å². The largest absolute Gasteiger partial charge is 0.399 e. The zero-order chi connectivity index (χ0) is 14.4. The first kappa shape index (κ1) is 14.5. The van der Waals surface area contributed by atoms with Gasteiger partial charge >= 0.3 is 0 Å². The average molecular weight is 277 g/mol. The maximum atomic E-state index is 12.3. The summed E-state index contributed by atoms with van der Waals surface area (Å²) in [6.45, 7) is 2.31. The Hall–Kier alpha value is -1.92. The molecule has 0 aliphatic carbocycles. The molecule has 0 spiro atoms. The third kappa shape index (κ3) is 3.55. The third-order valence-corrected chi connectivity index (χ3v) is 2.97. The summed E-state index contributed by atoms with van der Waals surface area (Å²) >= 11 is 0. The van der Waals surface area contributed by atoms with Gasteiger partial charge < -0.3 is 15.2 Å². The lowest BCUT2D eigenvalue weighted by atomic mass is 10.2. The van der Waals surface area contributed by atoms with Crippen molar-refractivity contribution in [2.45, 2.75) is 13.0 Å². The van der Waals surface area contributed by atoms with Crippen molar-refractivity contribution in [2.75, 3.05) is 32.7 Å². The SMILES string of the molecule is COCCOCCCn1cnc2ccc(N)cc2c1=O. The fraction of sp³-hybridized carbons (Fsp3) is 0.429. The molecular weight excluding hydrogens is 258 g/mol. The molecule has 0 saturated heterocycles. The highest BCUT2D eigenvalue weighted by Gasteiger charge is 2.04. The van der Waals surface area contributed by atoms with E-state index >= 15 is 0 Å². The van der Waals surface area contributed by atoms with E-state index in [0.29, 0.717) is 43.0 Å². The molecule has 20 heavy (non-hydrogen) atoms. The highest BCUT2D eigenvalue weighted by Crippen LogP contribution is 2.10. The molecular formula is C14H19N3O3. The van der Waals surface area contributed by atoms with E-state index < -0.39 is 0 Å². The van der Waals surface area contributed by atoms with Gasteiger partial charge in [-0.1, -0.05) is 0 Å². The summed E-state index contributed by atoms with van der Waals surface area (Å²) in [5, 5.41) is 0.549. The highest BCUT2D eigenvalue weighted by atomic mass is 16.5. The lowest BCUT2D eigenvalue weighted by Crippen LogP contribution is -2.21. The minimum Gasteiger partial charge on any atom is -0.399 e.